The van der Waals surface area contributed by atoms with Crippen LogP contribution < -0.4 is 26.0 Å². The molecule has 0 aromatic heterocycles. The lowest BCUT2D eigenvalue weighted by atomic mass is 9.97. The average molecular weight is 687 g/mol. The smallest absolute Gasteiger partial charge is 0.408 e. The summed E-state index contributed by atoms with van der Waals surface area (Å²) >= 11 is 0. The summed E-state index contributed by atoms with van der Waals surface area (Å²) in [6.45, 7) is 4.93. The van der Waals surface area contributed by atoms with Crippen LogP contribution >= 0.6 is 0 Å². The summed E-state index contributed by atoms with van der Waals surface area (Å²) < 4.78 is 11.4. The Kier molecular flexibility index (Phi) is 15.6. The van der Waals surface area contributed by atoms with Crippen molar-refractivity contribution in [1.82, 2.24) is 21.3 Å². The number of benzene rings is 3. The highest BCUT2D eigenvalue weighted by molar-refractivity contribution is 5.91. The fourth-order valence-corrected chi connectivity index (χ4v) is 5.88. The third kappa shape index (κ3) is 13.5. The number of carbonyl (C=O) groups excluding carboxylic acids is 3. The number of aliphatic carboxylic acids is 1. The number of carbonyl (C=O) groups is 4. The van der Waals surface area contributed by atoms with Crippen molar-refractivity contribution >= 4 is 23.9 Å². The molecule has 0 radical (unpaired) electrons. The van der Waals surface area contributed by atoms with E-state index >= 15 is 0 Å². The van der Waals surface area contributed by atoms with Gasteiger partial charge in [0.25, 0.3) is 0 Å². The Bertz CT molecular complexity index is 1510. The van der Waals surface area contributed by atoms with Crippen LogP contribution in [0.4, 0.5) is 4.79 Å². The Balaban J connectivity index is 1.39. The monoisotopic (exact) mass is 686 g/mol. The number of amides is 3. The van der Waals surface area contributed by atoms with Crippen molar-refractivity contribution in [2.45, 2.75) is 83.5 Å². The lowest BCUT2D eigenvalue weighted by molar-refractivity contribution is -0.137. The predicted octanol–water partition coefficient (Wildman–Crippen LogP) is 5.05. The number of hydrogen-bond acceptors (Lipinski definition) is 7. The van der Waals surface area contributed by atoms with Crippen LogP contribution in [0.5, 0.6) is 5.75 Å². The zero-order chi connectivity index (χ0) is 35.6. The van der Waals surface area contributed by atoms with Gasteiger partial charge in [-0.1, -0.05) is 66.7 Å². The Morgan fingerprint density at radius 2 is 1.62 bits per heavy atom. The standard InChI is InChI=1S/C39H50N4O7/c1-28-17-19-33(49-23-21-30-14-9-22-40-25-30)24-32(28)26-41-37(46)35(20-18-29-10-4-2-5-11-29)42-38(47)34(15-8-16-36(44)45)43-39(48)50-27-31-12-6-3-7-13-31/h2-7,10-13,17,19,24,30,34-35,40H,8-9,14-16,18,20-23,25-27H2,1H3,(H,41,46)(H,42,47)(H,43,48)(H,44,45). The number of rotatable bonds is 19. The normalized spacial score (nSPS) is 15.3. The number of ether oxygens (including phenoxy) is 2. The van der Waals surface area contributed by atoms with Crippen molar-refractivity contribution in [2.24, 2.45) is 5.92 Å². The summed E-state index contributed by atoms with van der Waals surface area (Å²) in [6.07, 6.45) is 3.40. The van der Waals surface area contributed by atoms with Crippen LogP contribution in [0.1, 0.15) is 67.2 Å². The number of piperidine rings is 1. The van der Waals surface area contributed by atoms with E-state index in [9.17, 15) is 19.2 Å². The van der Waals surface area contributed by atoms with Crippen molar-refractivity contribution in [2.75, 3.05) is 19.7 Å². The first-order valence-corrected chi connectivity index (χ1v) is 17.5. The number of carboxylic acids is 1. The number of carboxylic acid groups (broad SMARTS) is 1. The molecule has 0 bridgehead atoms. The highest BCUT2D eigenvalue weighted by atomic mass is 16.5. The molecule has 11 nitrogen and oxygen atoms in total. The maximum Gasteiger partial charge on any atom is 0.408 e. The third-order valence-corrected chi connectivity index (χ3v) is 8.87. The van der Waals surface area contributed by atoms with Gasteiger partial charge >= 0.3 is 12.1 Å². The first kappa shape index (κ1) is 37.9. The van der Waals surface area contributed by atoms with Gasteiger partial charge in [-0.15, -0.1) is 0 Å². The summed E-state index contributed by atoms with van der Waals surface area (Å²) in [4.78, 5) is 51.2. The van der Waals surface area contributed by atoms with Crippen LogP contribution in [-0.4, -0.2) is 60.8 Å². The fraction of sp³-hybridized carbons (Fsp3) is 0.436. The molecule has 3 atom stereocenters. The molecule has 11 heteroatoms. The molecule has 50 heavy (non-hydrogen) atoms. The summed E-state index contributed by atoms with van der Waals surface area (Å²) in [5.41, 5.74) is 3.68. The van der Waals surface area contributed by atoms with Gasteiger partial charge in [-0.05, 0) is 105 Å². The number of nitrogens with one attached hydrogen (secondary N) is 4. The molecular weight excluding hydrogens is 636 g/mol. The maximum atomic E-state index is 13.7. The molecule has 3 unspecified atom stereocenters. The fourth-order valence-electron chi connectivity index (χ4n) is 5.88. The molecule has 268 valence electrons. The summed E-state index contributed by atoms with van der Waals surface area (Å²) in [6, 6.07) is 22.6. The molecule has 3 amide bonds. The highest BCUT2D eigenvalue weighted by Gasteiger charge is 2.27. The van der Waals surface area contributed by atoms with Crippen LogP contribution in [0, 0.1) is 12.8 Å². The highest BCUT2D eigenvalue weighted by Crippen LogP contribution is 2.20. The Morgan fingerprint density at radius 3 is 2.32 bits per heavy atom. The molecule has 4 rings (SSSR count). The molecule has 0 saturated carbocycles. The average Bonchev–Trinajstić information content (AvgIpc) is 3.13. The van der Waals surface area contributed by atoms with Crippen LogP contribution in [-0.2, 0) is 38.7 Å². The van der Waals surface area contributed by atoms with Crippen LogP contribution in [0.2, 0.25) is 0 Å². The number of hydrogen-bond donors (Lipinski definition) is 5. The topological polar surface area (TPSA) is 155 Å². The molecule has 1 aliphatic rings. The van der Waals surface area contributed by atoms with Gasteiger partial charge in [-0.3, -0.25) is 14.4 Å². The summed E-state index contributed by atoms with van der Waals surface area (Å²) in [5, 5.41) is 21.0. The van der Waals surface area contributed by atoms with Gasteiger partial charge < -0.3 is 35.8 Å². The SMILES string of the molecule is Cc1ccc(OCCC2CCCNC2)cc1CNC(=O)C(CCc1ccccc1)NC(=O)C(CCCC(=O)O)NC(=O)OCc1ccccc1. The molecule has 1 aliphatic heterocycles. The van der Waals surface area contributed by atoms with Gasteiger partial charge in [0.15, 0.2) is 0 Å². The molecule has 0 aliphatic carbocycles. The van der Waals surface area contributed by atoms with E-state index in [2.05, 4.69) is 21.3 Å². The van der Waals surface area contributed by atoms with Crippen LogP contribution in [0.15, 0.2) is 78.9 Å². The van der Waals surface area contributed by atoms with E-state index < -0.39 is 30.1 Å². The van der Waals surface area contributed by atoms with Crippen molar-refractivity contribution in [3.8, 4) is 5.75 Å². The number of aryl methyl sites for hydroxylation is 2. The zero-order valence-electron chi connectivity index (χ0n) is 28.8. The largest absolute Gasteiger partial charge is 0.494 e. The van der Waals surface area contributed by atoms with Crippen molar-refractivity contribution in [3.63, 3.8) is 0 Å². The molecule has 1 fully saturated rings. The first-order chi connectivity index (χ1) is 24.3. The first-order valence-electron chi connectivity index (χ1n) is 17.5. The van der Waals surface area contributed by atoms with Gasteiger partial charge in [0, 0.05) is 13.0 Å². The minimum Gasteiger partial charge on any atom is -0.494 e. The lowest BCUT2D eigenvalue weighted by Gasteiger charge is -2.23. The Hall–Kier alpha value is -4.90. The quantitative estimate of drug-likeness (QED) is 0.117. The lowest BCUT2D eigenvalue weighted by Crippen LogP contribution is -2.53. The molecule has 5 N–H and O–H groups in total. The van der Waals surface area contributed by atoms with E-state index in [0.29, 0.717) is 25.4 Å². The number of alkyl carbamates (subject to hydrolysis) is 1. The van der Waals surface area contributed by atoms with E-state index in [0.717, 1.165) is 47.5 Å². The van der Waals surface area contributed by atoms with E-state index in [1.165, 1.54) is 12.8 Å². The van der Waals surface area contributed by atoms with E-state index in [1.54, 1.807) is 12.1 Å². The minimum atomic E-state index is -1.11. The Labute approximate surface area is 294 Å². The van der Waals surface area contributed by atoms with Gasteiger partial charge in [-0.2, -0.15) is 0 Å². The van der Waals surface area contributed by atoms with Crippen LogP contribution in [0.3, 0.4) is 0 Å². The minimum absolute atomic E-state index is 0.00189. The van der Waals surface area contributed by atoms with E-state index in [-0.39, 0.29) is 38.3 Å². The van der Waals surface area contributed by atoms with E-state index in [1.807, 2.05) is 73.7 Å². The van der Waals surface area contributed by atoms with Crippen LogP contribution in [0.25, 0.3) is 0 Å². The summed E-state index contributed by atoms with van der Waals surface area (Å²) in [7, 11) is 0. The molecule has 1 heterocycles. The van der Waals surface area contributed by atoms with E-state index in [4.69, 9.17) is 14.6 Å². The zero-order valence-corrected chi connectivity index (χ0v) is 28.8. The summed E-state index contributed by atoms with van der Waals surface area (Å²) in [5.74, 6) is -0.627. The Morgan fingerprint density at radius 1 is 0.900 bits per heavy atom. The van der Waals surface area contributed by atoms with Crippen molar-refractivity contribution in [1.29, 1.82) is 0 Å². The molecule has 0 spiro atoms. The van der Waals surface area contributed by atoms with Crippen molar-refractivity contribution in [3.05, 3.63) is 101 Å². The second-order valence-electron chi connectivity index (χ2n) is 12.8. The van der Waals surface area contributed by atoms with Crippen molar-refractivity contribution < 1.29 is 33.8 Å². The van der Waals surface area contributed by atoms with Gasteiger partial charge in [0.2, 0.25) is 11.8 Å². The second-order valence-corrected chi connectivity index (χ2v) is 12.8. The maximum absolute atomic E-state index is 13.7. The molecule has 1 saturated heterocycles. The molecule has 3 aromatic carbocycles. The molecule has 3 aromatic rings. The predicted molar refractivity (Wildman–Crippen MR) is 190 cm³/mol. The third-order valence-electron chi connectivity index (χ3n) is 8.87. The second kappa shape index (κ2) is 20.6. The van der Waals surface area contributed by atoms with Gasteiger partial charge in [-0.25, -0.2) is 4.79 Å². The van der Waals surface area contributed by atoms with Gasteiger partial charge in [0.05, 0.1) is 6.61 Å². The van der Waals surface area contributed by atoms with Gasteiger partial charge in [0.1, 0.15) is 24.4 Å². The molecular formula is C39H50N4O7.